The molecule has 8 nitrogen and oxygen atoms in total. The topological polar surface area (TPSA) is 101 Å². The van der Waals surface area contributed by atoms with E-state index >= 15 is 0 Å². The highest BCUT2D eigenvalue weighted by molar-refractivity contribution is 5.90. The highest BCUT2D eigenvalue weighted by atomic mass is 16.6. The second-order valence-corrected chi connectivity index (χ2v) is 9.62. The van der Waals surface area contributed by atoms with Gasteiger partial charge >= 0.3 is 5.97 Å². The van der Waals surface area contributed by atoms with Crippen LogP contribution in [0.3, 0.4) is 0 Å². The first-order chi connectivity index (χ1) is 17.6. The Hall–Kier alpha value is -3.42. The quantitative estimate of drug-likeness (QED) is 0.0818. The first kappa shape index (κ1) is 29.8. The SMILES string of the molecule is CCCCCCCCn1c(=O)c(OC(C)=O)c(OCC=C(C)CCC=C(C)C)c2ccc([N+](=O)[O-])cc21. The number of nitro benzene ring substituents is 1. The van der Waals surface area contributed by atoms with Crippen LogP contribution < -0.4 is 15.0 Å². The van der Waals surface area contributed by atoms with Crippen molar-refractivity contribution in [2.45, 2.75) is 92.5 Å². The molecule has 8 heteroatoms. The molecule has 0 spiro atoms. The van der Waals surface area contributed by atoms with E-state index < -0.39 is 16.5 Å². The molecule has 1 aromatic heterocycles. The minimum atomic E-state index is -0.636. The number of nitrogens with zero attached hydrogens (tertiary/aromatic N) is 2. The van der Waals surface area contributed by atoms with E-state index in [-0.39, 0.29) is 23.8 Å². The molecule has 0 unspecified atom stereocenters. The van der Waals surface area contributed by atoms with Crippen molar-refractivity contribution in [1.82, 2.24) is 4.57 Å². The number of hydrogen-bond donors (Lipinski definition) is 0. The Morgan fingerprint density at radius 2 is 1.73 bits per heavy atom. The second-order valence-electron chi connectivity index (χ2n) is 9.62. The van der Waals surface area contributed by atoms with Gasteiger partial charge in [-0.15, -0.1) is 0 Å². The van der Waals surface area contributed by atoms with Crippen molar-refractivity contribution in [3.8, 4) is 11.5 Å². The van der Waals surface area contributed by atoms with Crippen LogP contribution in [-0.2, 0) is 11.3 Å². The van der Waals surface area contributed by atoms with Crippen molar-refractivity contribution in [2.24, 2.45) is 0 Å². The maximum Gasteiger partial charge on any atom is 0.308 e. The molecule has 0 amide bonds. The Morgan fingerprint density at radius 3 is 2.38 bits per heavy atom. The van der Waals surface area contributed by atoms with Crippen LogP contribution in [0.2, 0.25) is 0 Å². The van der Waals surface area contributed by atoms with Gasteiger partial charge in [-0.3, -0.25) is 19.7 Å². The summed E-state index contributed by atoms with van der Waals surface area (Å²) in [6.45, 7) is 10.0. The molecule has 0 radical (unpaired) electrons. The van der Waals surface area contributed by atoms with Gasteiger partial charge in [0.1, 0.15) is 6.61 Å². The molecule has 0 aliphatic heterocycles. The highest BCUT2D eigenvalue weighted by Crippen LogP contribution is 2.35. The number of carbonyl (C=O) groups excluding carboxylic acids is 1. The van der Waals surface area contributed by atoms with Crippen LogP contribution in [0.15, 0.2) is 46.3 Å². The van der Waals surface area contributed by atoms with E-state index in [9.17, 15) is 19.7 Å². The van der Waals surface area contributed by atoms with Crippen molar-refractivity contribution in [2.75, 3.05) is 6.61 Å². The third-order valence-corrected chi connectivity index (χ3v) is 6.10. The van der Waals surface area contributed by atoms with E-state index in [0.29, 0.717) is 17.4 Å². The number of esters is 1. The molecule has 0 aliphatic carbocycles. The Labute approximate surface area is 219 Å². The summed E-state index contributed by atoms with van der Waals surface area (Å²) in [5.74, 6) is -0.698. The number of ether oxygens (including phenoxy) is 2. The van der Waals surface area contributed by atoms with Gasteiger partial charge in [0.25, 0.3) is 11.2 Å². The molecule has 0 N–H and O–H groups in total. The average Bonchev–Trinajstić information content (AvgIpc) is 2.83. The summed E-state index contributed by atoms with van der Waals surface area (Å²) < 4.78 is 12.8. The maximum atomic E-state index is 13.5. The van der Waals surface area contributed by atoms with Gasteiger partial charge in [-0.05, 0) is 52.2 Å². The van der Waals surface area contributed by atoms with Gasteiger partial charge in [0, 0.05) is 31.0 Å². The number of hydrogen-bond acceptors (Lipinski definition) is 6. The molecule has 37 heavy (non-hydrogen) atoms. The van der Waals surface area contributed by atoms with Gasteiger partial charge in [-0.1, -0.05) is 56.3 Å². The molecule has 1 heterocycles. The molecule has 0 saturated heterocycles. The Bertz CT molecular complexity index is 1210. The minimum Gasteiger partial charge on any atom is -0.485 e. The van der Waals surface area contributed by atoms with Crippen molar-refractivity contribution < 1.29 is 19.2 Å². The second kappa shape index (κ2) is 15.0. The Kier molecular flexibility index (Phi) is 12.1. The van der Waals surface area contributed by atoms with Gasteiger partial charge in [0.05, 0.1) is 10.4 Å². The number of non-ortho nitro benzene ring substituents is 1. The van der Waals surface area contributed by atoms with Crippen LogP contribution in [0.4, 0.5) is 5.69 Å². The molecule has 2 aromatic rings. The number of unbranched alkanes of at least 4 members (excludes halogenated alkanes) is 5. The number of nitro groups is 1. The van der Waals surface area contributed by atoms with E-state index in [2.05, 4.69) is 26.8 Å². The zero-order valence-electron chi connectivity index (χ0n) is 22.8. The number of benzene rings is 1. The van der Waals surface area contributed by atoms with E-state index in [1.54, 1.807) is 6.07 Å². The molecule has 0 atom stereocenters. The zero-order chi connectivity index (χ0) is 27.4. The number of aromatic nitrogens is 1. The van der Waals surface area contributed by atoms with Crippen molar-refractivity contribution in [3.05, 3.63) is 62.0 Å². The molecular weight excluding hydrogens is 472 g/mol. The van der Waals surface area contributed by atoms with Crippen molar-refractivity contribution in [1.29, 1.82) is 0 Å². The Balaban J connectivity index is 2.47. The smallest absolute Gasteiger partial charge is 0.308 e. The molecule has 0 fully saturated rings. The molecule has 0 bridgehead atoms. The monoisotopic (exact) mass is 512 g/mol. The molecular formula is C29H40N2O6. The number of carbonyl (C=O) groups is 1. The third-order valence-electron chi connectivity index (χ3n) is 6.10. The van der Waals surface area contributed by atoms with E-state index in [1.165, 1.54) is 35.6 Å². The first-order valence-electron chi connectivity index (χ1n) is 13.1. The summed E-state index contributed by atoms with van der Waals surface area (Å²) in [4.78, 5) is 36.4. The maximum absolute atomic E-state index is 13.5. The van der Waals surface area contributed by atoms with Gasteiger partial charge in [-0.25, -0.2) is 0 Å². The summed E-state index contributed by atoms with van der Waals surface area (Å²) in [5.41, 5.74) is 2.13. The van der Waals surface area contributed by atoms with Crippen LogP contribution in [0.25, 0.3) is 10.9 Å². The predicted octanol–water partition coefficient (Wildman–Crippen LogP) is 7.27. The Morgan fingerprint density at radius 1 is 1.03 bits per heavy atom. The van der Waals surface area contributed by atoms with Crippen molar-refractivity contribution in [3.63, 3.8) is 0 Å². The summed E-state index contributed by atoms with van der Waals surface area (Å²) in [6.07, 6.45) is 12.0. The molecule has 1 aromatic carbocycles. The van der Waals surface area contributed by atoms with Crippen LogP contribution in [0, 0.1) is 10.1 Å². The molecule has 2 rings (SSSR count). The summed E-state index contributed by atoms with van der Waals surface area (Å²) in [6, 6.07) is 4.31. The number of pyridine rings is 1. The fourth-order valence-corrected chi connectivity index (χ4v) is 4.11. The van der Waals surface area contributed by atoms with Gasteiger partial charge in [-0.2, -0.15) is 0 Å². The van der Waals surface area contributed by atoms with Crippen LogP contribution in [0.5, 0.6) is 11.5 Å². The number of aryl methyl sites for hydroxylation is 1. The lowest BCUT2D eigenvalue weighted by Crippen LogP contribution is -2.25. The lowest BCUT2D eigenvalue weighted by atomic mass is 10.1. The van der Waals surface area contributed by atoms with Crippen LogP contribution in [0.1, 0.15) is 86.0 Å². The molecule has 202 valence electrons. The van der Waals surface area contributed by atoms with E-state index in [1.807, 2.05) is 13.0 Å². The summed E-state index contributed by atoms with van der Waals surface area (Å²) >= 11 is 0. The molecule has 0 aliphatic rings. The largest absolute Gasteiger partial charge is 0.485 e. The predicted molar refractivity (Wildman–Crippen MR) is 147 cm³/mol. The standard InChI is InChI=1S/C29H40N2O6/c1-6-7-8-9-10-11-18-30-26-20-24(31(34)35)15-16-25(26)27(28(29(30)33)37-23(5)32)36-19-17-22(4)14-12-13-21(2)3/h13,15-17,20H,6-12,14,18-19H2,1-5H3. The van der Waals surface area contributed by atoms with E-state index in [4.69, 9.17) is 9.47 Å². The normalized spacial score (nSPS) is 11.4. The number of allylic oxidation sites excluding steroid dienone is 3. The molecule has 0 saturated carbocycles. The lowest BCUT2D eigenvalue weighted by molar-refractivity contribution is -0.384. The average molecular weight is 513 g/mol. The van der Waals surface area contributed by atoms with Crippen molar-refractivity contribution >= 4 is 22.6 Å². The third kappa shape index (κ3) is 9.19. The number of rotatable bonds is 15. The fourth-order valence-electron chi connectivity index (χ4n) is 4.11. The first-order valence-corrected chi connectivity index (χ1v) is 13.1. The lowest BCUT2D eigenvalue weighted by Gasteiger charge is -2.17. The fraction of sp³-hybridized carbons (Fsp3) is 0.517. The van der Waals surface area contributed by atoms with Crippen LogP contribution >= 0.6 is 0 Å². The van der Waals surface area contributed by atoms with Gasteiger partial charge in [0.2, 0.25) is 5.75 Å². The van der Waals surface area contributed by atoms with Crippen LogP contribution in [-0.4, -0.2) is 22.1 Å². The summed E-state index contributed by atoms with van der Waals surface area (Å²) in [7, 11) is 0. The summed E-state index contributed by atoms with van der Waals surface area (Å²) in [5, 5.41) is 12.0. The van der Waals surface area contributed by atoms with E-state index in [0.717, 1.165) is 50.5 Å². The number of fused-ring (bicyclic) bond motifs is 1. The van der Waals surface area contributed by atoms with Gasteiger partial charge in [0.15, 0.2) is 5.75 Å². The highest BCUT2D eigenvalue weighted by Gasteiger charge is 2.23. The zero-order valence-corrected chi connectivity index (χ0v) is 22.8. The van der Waals surface area contributed by atoms with Gasteiger partial charge < -0.3 is 14.0 Å². The minimum absolute atomic E-state index is 0.121.